The molecule has 0 spiro atoms. The van der Waals surface area contributed by atoms with Crippen molar-refractivity contribution >= 4 is 15.9 Å². The SMILES string of the molecule is CCn1nc(C)c(Br)c1CC1CCc2ccccc2C1N. The van der Waals surface area contributed by atoms with Crippen LogP contribution in [0.15, 0.2) is 28.7 Å². The third kappa shape index (κ3) is 2.67. The van der Waals surface area contributed by atoms with Crippen molar-refractivity contribution in [3.8, 4) is 0 Å². The minimum absolute atomic E-state index is 0.127. The van der Waals surface area contributed by atoms with Crippen LogP contribution in [0.1, 0.15) is 41.9 Å². The first-order valence-electron chi connectivity index (χ1n) is 7.67. The molecule has 1 aliphatic rings. The van der Waals surface area contributed by atoms with E-state index in [1.807, 2.05) is 0 Å². The molecule has 1 heterocycles. The van der Waals surface area contributed by atoms with Gasteiger partial charge in [-0.15, -0.1) is 0 Å². The van der Waals surface area contributed by atoms with Crippen molar-refractivity contribution in [3.05, 3.63) is 51.3 Å². The molecule has 0 amide bonds. The van der Waals surface area contributed by atoms with Gasteiger partial charge in [0.05, 0.1) is 15.9 Å². The second-order valence-electron chi connectivity index (χ2n) is 5.89. The Morgan fingerprint density at radius 3 is 2.90 bits per heavy atom. The number of nitrogens with zero attached hydrogens (tertiary/aromatic N) is 2. The number of fused-ring (bicyclic) bond motifs is 1. The minimum Gasteiger partial charge on any atom is -0.324 e. The highest BCUT2D eigenvalue weighted by Crippen LogP contribution is 2.36. The molecule has 0 aliphatic heterocycles. The van der Waals surface area contributed by atoms with Gasteiger partial charge in [0.15, 0.2) is 0 Å². The lowest BCUT2D eigenvalue weighted by Gasteiger charge is -2.31. The first-order valence-corrected chi connectivity index (χ1v) is 8.46. The lowest BCUT2D eigenvalue weighted by Crippen LogP contribution is -2.29. The molecular formula is C17H22BrN3. The van der Waals surface area contributed by atoms with Crippen molar-refractivity contribution in [3.63, 3.8) is 0 Å². The Morgan fingerprint density at radius 2 is 2.14 bits per heavy atom. The third-order valence-corrected chi connectivity index (χ3v) is 5.65. The average molecular weight is 348 g/mol. The van der Waals surface area contributed by atoms with Crippen molar-refractivity contribution in [2.75, 3.05) is 0 Å². The maximum absolute atomic E-state index is 6.54. The fourth-order valence-corrected chi connectivity index (χ4v) is 3.85. The topological polar surface area (TPSA) is 43.8 Å². The van der Waals surface area contributed by atoms with Crippen molar-refractivity contribution in [2.45, 2.75) is 45.7 Å². The van der Waals surface area contributed by atoms with Crippen LogP contribution in [-0.2, 0) is 19.4 Å². The molecule has 0 saturated carbocycles. The van der Waals surface area contributed by atoms with Gasteiger partial charge in [-0.3, -0.25) is 4.68 Å². The lowest BCUT2D eigenvalue weighted by molar-refractivity contribution is 0.366. The fourth-order valence-electron chi connectivity index (χ4n) is 3.40. The van der Waals surface area contributed by atoms with Crippen LogP contribution in [0.25, 0.3) is 0 Å². The van der Waals surface area contributed by atoms with Gasteiger partial charge in [-0.25, -0.2) is 0 Å². The molecule has 0 radical (unpaired) electrons. The molecule has 1 aromatic carbocycles. The molecule has 21 heavy (non-hydrogen) atoms. The largest absolute Gasteiger partial charge is 0.324 e. The Balaban J connectivity index is 1.87. The number of benzene rings is 1. The predicted octanol–water partition coefficient (Wildman–Crippen LogP) is 3.78. The first kappa shape index (κ1) is 14.8. The van der Waals surface area contributed by atoms with Gasteiger partial charge in [-0.05, 0) is 66.1 Å². The van der Waals surface area contributed by atoms with E-state index in [1.165, 1.54) is 16.8 Å². The van der Waals surface area contributed by atoms with Crippen LogP contribution in [0.5, 0.6) is 0 Å². The van der Waals surface area contributed by atoms with Gasteiger partial charge >= 0.3 is 0 Å². The van der Waals surface area contributed by atoms with Gasteiger partial charge in [0.2, 0.25) is 0 Å². The van der Waals surface area contributed by atoms with E-state index in [4.69, 9.17) is 5.73 Å². The van der Waals surface area contributed by atoms with E-state index < -0.39 is 0 Å². The second kappa shape index (κ2) is 5.93. The van der Waals surface area contributed by atoms with Gasteiger partial charge in [0, 0.05) is 12.6 Å². The molecule has 112 valence electrons. The van der Waals surface area contributed by atoms with Gasteiger partial charge in [0.25, 0.3) is 0 Å². The molecule has 2 aromatic rings. The van der Waals surface area contributed by atoms with Crippen LogP contribution >= 0.6 is 15.9 Å². The Bertz CT molecular complexity index is 647. The normalized spacial score (nSPS) is 21.3. The van der Waals surface area contributed by atoms with Crippen molar-refractivity contribution in [2.24, 2.45) is 11.7 Å². The summed E-state index contributed by atoms with van der Waals surface area (Å²) in [6.45, 7) is 5.09. The number of halogens is 1. The molecule has 2 N–H and O–H groups in total. The van der Waals surface area contributed by atoms with Crippen LogP contribution in [-0.4, -0.2) is 9.78 Å². The van der Waals surface area contributed by atoms with E-state index >= 15 is 0 Å². The maximum atomic E-state index is 6.54. The molecular weight excluding hydrogens is 326 g/mol. The molecule has 1 aromatic heterocycles. The summed E-state index contributed by atoms with van der Waals surface area (Å²) in [5.74, 6) is 0.484. The van der Waals surface area contributed by atoms with Gasteiger partial charge in [-0.2, -0.15) is 5.10 Å². The predicted molar refractivity (Wildman–Crippen MR) is 89.2 cm³/mol. The summed E-state index contributed by atoms with van der Waals surface area (Å²) in [5, 5.41) is 4.59. The molecule has 0 bridgehead atoms. The quantitative estimate of drug-likeness (QED) is 0.917. The summed E-state index contributed by atoms with van der Waals surface area (Å²) in [7, 11) is 0. The monoisotopic (exact) mass is 347 g/mol. The first-order chi connectivity index (χ1) is 10.1. The number of rotatable bonds is 3. The summed E-state index contributed by atoms with van der Waals surface area (Å²) in [4.78, 5) is 0. The fraction of sp³-hybridized carbons (Fsp3) is 0.471. The number of aromatic nitrogens is 2. The highest BCUT2D eigenvalue weighted by molar-refractivity contribution is 9.10. The Kier molecular flexibility index (Phi) is 4.18. The van der Waals surface area contributed by atoms with Crippen molar-refractivity contribution < 1.29 is 0 Å². The number of aryl methyl sites for hydroxylation is 3. The Morgan fingerprint density at radius 1 is 1.38 bits per heavy atom. The molecule has 3 rings (SSSR count). The van der Waals surface area contributed by atoms with Crippen LogP contribution in [0.2, 0.25) is 0 Å². The summed E-state index contributed by atoms with van der Waals surface area (Å²) in [5.41, 5.74) is 11.6. The van der Waals surface area contributed by atoms with E-state index in [1.54, 1.807) is 0 Å². The van der Waals surface area contributed by atoms with Gasteiger partial charge < -0.3 is 5.73 Å². The lowest BCUT2D eigenvalue weighted by atomic mass is 9.78. The average Bonchev–Trinajstić information content (AvgIpc) is 2.78. The minimum atomic E-state index is 0.127. The number of nitrogens with two attached hydrogens (primary N) is 1. The van der Waals surface area contributed by atoms with Crippen LogP contribution in [0.3, 0.4) is 0 Å². The Labute approximate surface area is 134 Å². The summed E-state index contributed by atoms with van der Waals surface area (Å²) in [6.07, 6.45) is 3.27. The zero-order chi connectivity index (χ0) is 15.0. The number of hydrogen-bond donors (Lipinski definition) is 1. The summed E-state index contributed by atoms with van der Waals surface area (Å²) in [6, 6.07) is 8.73. The van der Waals surface area contributed by atoms with Gasteiger partial charge in [-0.1, -0.05) is 24.3 Å². The number of hydrogen-bond acceptors (Lipinski definition) is 2. The smallest absolute Gasteiger partial charge is 0.0738 e. The highest BCUT2D eigenvalue weighted by atomic mass is 79.9. The molecule has 0 saturated heterocycles. The summed E-state index contributed by atoms with van der Waals surface area (Å²) < 4.78 is 3.25. The molecule has 4 heteroatoms. The van der Waals surface area contributed by atoms with Crippen LogP contribution < -0.4 is 5.73 Å². The van der Waals surface area contributed by atoms with Crippen LogP contribution in [0, 0.1) is 12.8 Å². The van der Waals surface area contributed by atoms with Crippen molar-refractivity contribution in [1.29, 1.82) is 0 Å². The highest BCUT2D eigenvalue weighted by Gasteiger charge is 2.28. The van der Waals surface area contributed by atoms with E-state index in [-0.39, 0.29) is 6.04 Å². The van der Waals surface area contributed by atoms with Crippen molar-refractivity contribution in [1.82, 2.24) is 9.78 Å². The zero-order valence-corrected chi connectivity index (χ0v) is 14.2. The standard InChI is InChI=1S/C17H22BrN3/c1-3-21-15(16(18)11(2)20-21)10-13-9-8-12-6-4-5-7-14(12)17(13)19/h4-7,13,17H,3,8-10,19H2,1-2H3. The molecule has 1 aliphatic carbocycles. The molecule has 0 fully saturated rings. The third-order valence-electron chi connectivity index (χ3n) is 4.61. The zero-order valence-electron chi connectivity index (χ0n) is 12.6. The molecule has 2 unspecified atom stereocenters. The molecule has 3 nitrogen and oxygen atoms in total. The summed E-state index contributed by atoms with van der Waals surface area (Å²) >= 11 is 3.70. The van der Waals surface area contributed by atoms with E-state index in [9.17, 15) is 0 Å². The van der Waals surface area contributed by atoms with Gasteiger partial charge in [0.1, 0.15) is 0 Å². The second-order valence-corrected chi connectivity index (χ2v) is 6.68. The van der Waals surface area contributed by atoms with Crippen LogP contribution in [0.4, 0.5) is 0 Å². The Hall–Kier alpha value is -1.13. The maximum Gasteiger partial charge on any atom is 0.0738 e. The van der Waals surface area contributed by atoms with E-state index in [0.29, 0.717) is 5.92 Å². The molecule has 2 atom stereocenters. The van der Waals surface area contributed by atoms with E-state index in [2.05, 4.69) is 63.8 Å². The van der Waals surface area contributed by atoms with E-state index in [0.717, 1.165) is 36.0 Å².